The van der Waals surface area contributed by atoms with Crippen LogP contribution in [-0.2, 0) is 47.7 Å². The molecule has 1 saturated heterocycles. The first-order valence-corrected chi connectivity index (χ1v) is 14.6. The number of hydrogen-bond donors (Lipinski definition) is 0. The number of carbonyl (C=O) groups excluding carboxylic acids is 5. The lowest BCUT2D eigenvalue weighted by Gasteiger charge is -2.44. The summed E-state index contributed by atoms with van der Waals surface area (Å²) in [6.07, 6.45) is -3.56. The van der Waals surface area contributed by atoms with Gasteiger partial charge in [0, 0.05) is 32.7 Å². The second kappa shape index (κ2) is 14.5. The van der Waals surface area contributed by atoms with Crippen LogP contribution < -0.4 is 4.90 Å². The van der Waals surface area contributed by atoms with E-state index in [0.29, 0.717) is 16.3 Å². The summed E-state index contributed by atoms with van der Waals surface area (Å²) in [7, 11) is 0. The molecule has 2 aliphatic heterocycles. The number of esters is 4. The molecule has 14 heteroatoms. The Bertz CT molecular complexity index is 1480. The van der Waals surface area contributed by atoms with Crippen LogP contribution in [0.2, 0.25) is 5.02 Å². The Hall–Kier alpha value is -4.20. The van der Waals surface area contributed by atoms with Gasteiger partial charge in [0.15, 0.2) is 28.9 Å². The van der Waals surface area contributed by atoms with Crippen molar-refractivity contribution in [1.29, 1.82) is 0 Å². The minimum absolute atomic E-state index is 0.101. The molecule has 2 aliphatic rings. The number of thioether (sulfide) groups is 1. The third-order valence-electron chi connectivity index (χ3n) is 6.19. The number of halogens is 1. The monoisotopic (exact) mass is 644 g/mol. The smallest absolute Gasteiger partial charge is 0.303 e. The molecular formula is C30H29ClN2O10S. The number of benzene rings is 2. The van der Waals surface area contributed by atoms with Crippen molar-refractivity contribution in [2.45, 2.75) is 57.5 Å². The van der Waals surface area contributed by atoms with E-state index in [2.05, 4.69) is 4.99 Å². The van der Waals surface area contributed by atoms with Crippen LogP contribution in [0.15, 0.2) is 65.3 Å². The van der Waals surface area contributed by atoms with E-state index in [1.807, 2.05) is 0 Å². The van der Waals surface area contributed by atoms with Crippen molar-refractivity contribution in [2.24, 2.45) is 4.99 Å². The Morgan fingerprint density at radius 3 is 2.05 bits per heavy atom. The zero-order valence-corrected chi connectivity index (χ0v) is 25.7. The summed E-state index contributed by atoms with van der Waals surface area (Å²) in [5.41, 5.74) is 0.0921. The van der Waals surface area contributed by atoms with Crippen LogP contribution in [-0.4, -0.2) is 71.4 Å². The second-order valence-corrected chi connectivity index (χ2v) is 11.1. The average Bonchev–Trinajstić information content (AvgIpc) is 3.25. The number of ether oxygens (including phenoxy) is 5. The molecule has 0 aromatic heterocycles. The molecule has 2 aromatic carbocycles. The van der Waals surface area contributed by atoms with Gasteiger partial charge in [0.1, 0.15) is 18.4 Å². The van der Waals surface area contributed by atoms with Crippen LogP contribution in [0.25, 0.3) is 6.08 Å². The van der Waals surface area contributed by atoms with Crippen LogP contribution in [0.4, 0.5) is 5.69 Å². The predicted octanol–water partition coefficient (Wildman–Crippen LogP) is 3.90. The highest BCUT2D eigenvalue weighted by Crippen LogP contribution is 2.38. The van der Waals surface area contributed by atoms with E-state index in [9.17, 15) is 24.0 Å². The molecule has 0 aliphatic carbocycles. The zero-order chi connectivity index (χ0) is 32.0. The van der Waals surface area contributed by atoms with Crippen molar-refractivity contribution < 1.29 is 47.7 Å². The Labute approximate surface area is 262 Å². The maximum atomic E-state index is 13.7. The summed E-state index contributed by atoms with van der Waals surface area (Å²) in [5, 5.41) is 0.682. The van der Waals surface area contributed by atoms with Crippen LogP contribution in [0.3, 0.4) is 0 Å². The maximum absolute atomic E-state index is 13.7. The molecule has 0 saturated carbocycles. The summed E-state index contributed by atoms with van der Waals surface area (Å²) in [6.45, 7) is 4.23. The van der Waals surface area contributed by atoms with Gasteiger partial charge in [0.05, 0.1) is 5.69 Å². The van der Waals surface area contributed by atoms with Crippen molar-refractivity contribution in [2.75, 3.05) is 11.5 Å². The normalized spacial score (nSPS) is 24.0. The SMILES string of the molecule is CC(=O)OC[C@@H]1O[C@H](SC2=N/C(=C/c3ccc(Cl)cc3)C(=O)N2c2ccccc2)[C@H](OC(C)=O)[C@H](OC(C)=O)[C@@H]1OC(C)=O. The van der Waals surface area contributed by atoms with Gasteiger partial charge in [0.2, 0.25) is 0 Å². The molecule has 2 aromatic rings. The number of nitrogens with zero attached hydrogens (tertiary/aromatic N) is 2. The molecule has 0 N–H and O–H groups in total. The molecule has 4 rings (SSSR count). The van der Waals surface area contributed by atoms with Gasteiger partial charge in [0.25, 0.3) is 5.91 Å². The molecule has 0 spiro atoms. The zero-order valence-electron chi connectivity index (χ0n) is 24.1. The van der Waals surface area contributed by atoms with E-state index in [-0.39, 0.29) is 17.5 Å². The van der Waals surface area contributed by atoms with Gasteiger partial charge in [-0.25, -0.2) is 4.99 Å². The molecule has 12 nitrogen and oxygen atoms in total. The summed E-state index contributed by atoms with van der Waals surface area (Å²) < 4.78 is 27.9. The van der Waals surface area contributed by atoms with E-state index in [1.165, 1.54) is 11.8 Å². The topological polar surface area (TPSA) is 147 Å². The van der Waals surface area contributed by atoms with Crippen molar-refractivity contribution >= 4 is 70.1 Å². The van der Waals surface area contributed by atoms with Gasteiger partial charge in [-0.1, -0.05) is 53.7 Å². The molecular weight excluding hydrogens is 616 g/mol. The first-order valence-electron chi connectivity index (χ1n) is 13.4. The Morgan fingerprint density at radius 1 is 0.864 bits per heavy atom. The van der Waals surface area contributed by atoms with Crippen LogP contribution in [0, 0.1) is 0 Å². The summed E-state index contributed by atoms with van der Waals surface area (Å²) in [4.78, 5) is 67.8. The van der Waals surface area contributed by atoms with Gasteiger partial charge >= 0.3 is 23.9 Å². The number of carbonyl (C=O) groups is 5. The number of aliphatic imine (C=N–C) groups is 1. The standard InChI is InChI=1S/C30H29ClN2O10S/c1-16(34)39-15-24-25(40-17(2)35)26(41-18(3)36)27(42-19(4)37)29(43-24)44-30-32-23(14-20-10-12-21(31)13-11-20)28(38)33(30)22-8-6-5-7-9-22/h5-14,24-27,29H,15H2,1-4H3/b23-14+/t24-,25+,26+,27+,29+/m0/s1. The average molecular weight is 645 g/mol. The second-order valence-electron chi connectivity index (χ2n) is 9.64. The number of rotatable bonds is 8. The fourth-order valence-electron chi connectivity index (χ4n) is 4.48. The number of hydrogen-bond acceptors (Lipinski definition) is 12. The molecule has 0 radical (unpaired) electrons. The molecule has 0 bridgehead atoms. The predicted molar refractivity (Wildman–Crippen MR) is 160 cm³/mol. The Morgan fingerprint density at radius 2 is 1.45 bits per heavy atom. The van der Waals surface area contributed by atoms with Crippen LogP contribution in [0.1, 0.15) is 33.3 Å². The van der Waals surface area contributed by atoms with Gasteiger partial charge < -0.3 is 23.7 Å². The van der Waals surface area contributed by atoms with Crippen molar-refractivity contribution in [1.82, 2.24) is 0 Å². The van der Waals surface area contributed by atoms with Gasteiger partial charge in [-0.15, -0.1) is 0 Å². The quantitative estimate of drug-likeness (QED) is 0.234. The van der Waals surface area contributed by atoms with E-state index in [1.54, 1.807) is 60.7 Å². The van der Waals surface area contributed by atoms with Crippen molar-refractivity contribution in [3.8, 4) is 0 Å². The first-order chi connectivity index (χ1) is 20.9. The van der Waals surface area contributed by atoms with Crippen molar-refractivity contribution in [3.63, 3.8) is 0 Å². The molecule has 5 atom stereocenters. The summed E-state index contributed by atoms with van der Waals surface area (Å²) in [6, 6.07) is 15.5. The third kappa shape index (κ3) is 8.24. The highest BCUT2D eigenvalue weighted by Gasteiger charge is 2.53. The minimum atomic E-state index is -1.36. The molecule has 2 heterocycles. The number of amides is 1. The van der Waals surface area contributed by atoms with Crippen LogP contribution >= 0.6 is 23.4 Å². The lowest BCUT2D eigenvalue weighted by molar-refractivity contribution is -0.237. The van der Waals surface area contributed by atoms with Gasteiger partial charge in [-0.2, -0.15) is 0 Å². The van der Waals surface area contributed by atoms with Crippen LogP contribution in [0.5, 0.6) is 0 Å². The largest absolute Gasteiger partial charge is 0.463 e. The fourth-order valence-corrected chi connectivity index (χ4v) is 5.81. The third-order valence-corrected chi connectivity index (χ3v) is 7.54. The molecule has 44 heavy (non-hydrogen) atoms. The van der Waals surface area contributed by atoms with E-state index in [0.717, 1.165) is 32.5 Å². The maximum Gasteiger partial charge on any atom is 0.303 e. The van der Waals surface area contributed by atoms with Gasteiger partial charge in [-0.3, -0.25) is 28.9 Å². The molecule has 1 fully saturated rings. The van der Waals surface area contributed by atoms with E-state index in [4.69, 9.17) is 35.3 Å². The highest BCUT2D eigenvalue weighted by molar-refractivity contribution is 8.14. The van der Waals surface area contributed by atoms with Gasteiger partial charge in [-0.05, 0) is 35.9 Å². The molecule has 1 amide bonds. The Kier molecular flexibility index (Phi) is 10.8. The summed E-state index contributed by atoms with van der Waals surface area (Å²) >= 11 is 6.92. The number of anilines is 1. The summed E-state index contributed by atoms with van der Waals surface area (Å²) in [5.74, 6) is -3.32. The van der Waals surface area contributed by atoms with E-state index < -0.39 is 59.6 Å². The number of amidine groups is 1. The minimum Gasteiger partial charge on any atom is -0.463 e. The Balaban J connectivity index is 1.78. The van der Waals surface area contributed by atoms with E-state index >= 15 is 0 Å². The number of para-hydroxylation sites is 1. The first kappa shape index (κ1) is 32.7. The highest BCUT2D eigenvalue weighted by atomic mass is 35.5. The lowest BCUT2D eigenvalue weighted by Crippen LogP contribution is -2.61. The lowest BCUT2D eigenvalue weighted by atomic mass is 9.99. The molecule has 232 valence electrons. The molecule has 0 unspecified atom stereocenters. The van der Waals surface area contributed by atoms with Crippen molar-refractivity contribution in [3.05, 3.63) is 70.9 Å². The fraction of sp³-hybridized carbons (Fsp3) is 0.333.